The van der Waals surface area contributed by atoms with Crippen LogP contribution in [0.25, 0.3) is 10.7 Å². The minimum absolute atomic E-state index is 0.367. The molecule has 0 atom stereocenters. The zero-order valence-corrected chi connectivity index (χ0v) is 11.7. The number of hydrogen-bond acceptors (Lipinski definition) is 5. The number of carbonyl (C=O) groups is 1. The van der Waals surface area contributed by atoms with Crippen molar-refractivity contribution in [2.75, 3.05) is 6.61 Å². The highest BCUT2D eigenvalue weighted by atomic mass is 32.1. The number of nitrogens with zero attached hydrogens (tertiary/aromatic N) is 3. The van der Waals surface area contributed by atoms with Crippen LogP contribution in [0.1, 0.15) is 19.0 Å². The Kier molecular flexibility index (Phi) is 4.51. The molecule has 0 aromatic carbocycles. The fourth-order valence-electron chi connectivity index (χ4n) is 1.44. The Bertz CT molecular complexity index is 549. The number of hydrogen-bond donors (Lipinski definition) is 1. The Morgan fingerprint density at radius 3 is 3.11 bits per heavy atom. The molecule has 0 fully saturated rings. The Labute approximate surface area is 115 Å². The molecule has 2 aromatic heterocycles. The molecule has 0 aliphatic heterocycles. The van der Waals surface area contributed by atoms with E-state index in [0.29, 0.717) is 13.2 Å². The van der Waals surface area contributed by atoms with E-state index in [4.69, 9.17) is 4.74 Å². The fraction of sp³-hybridized carbons (Fsp3) is 0.417. The van der Waals surface area contributed by atoms with E-state index < -0.39 is 6.09 Å². The lowest BCUT2D eigenvalue weighted by Crippen LogP contribution is -2.24. The number of rotatable bonds is 5. The normalized spacial score (nSPS) is 10.4. The first-order chi connectivity index (χ1) is 9.19. The van der Waals surface area contributed by atoms with Crippen molar-refractivity contribution < 1.29 is 9.53 Å². The summed E-state index contributed by atoms with van der Waals surface area (Å²) < 4.78 is 6.65. The molecule has 2 aromatic rings. The van der Waals surface area contributed by atoms with Crippen LogP contribution in [0.4, 0.5) is 4.79 Å². The molecule has 0 aliphatic rings. The second-order valence-corrected chi connectivity index (χ2v) is 4.87. The summed E-state index contributed by atoms with van der Waals surface area (Å²) in [7, 11) is 1.86. The quantitative estimate of drug-likeness (QED) is 0.911. The molecule has 2 rings (SSSR count). The van der Waals surface area contributed by atoms with Gasteiger partial charge in [0.05, 0.1) is 18.8 Å². The number of aromatic nitrogens is 3. The molecule has 7 heteroatoms. The van der Waals surface area contributed by atoms with E-state index in [1.54, 1.807) is 4.68 Å². The van der Waals surface area contributed by atoms with Gasteiger partial charge in [-0.1, -0.05) is 6.92 Å². The molecule has 1 amide bonds. The van der Waals surface area contributed by atoms with Gasteiger partial charge in [-0.25, -0.2) is 9.78 Å². The second-order valence-electron chi connectivity index (χ2n) is 4.01. The molecule has 0 bridgehead atoms. The summed E-state index contributed by atoms with van der Waals surface area (Å²) in [5.41, 5.74) is 1.64. The van der Waals surface area contributed by atoms with E-state index in [2.05, 4.69) is 15.4 Å². The Balaban J connectivity index is 1.89. The van der Waals surface area contributed by atoms with Crippen LogP contribution >= 0.6 is 11.3 Å². The van der Waals surface area contributed by atoms with Crippen LogP contribution < -0.4 is 5.32 Å². The molecule has 2 heterocycles. The summed E-state index contributed by atoms with van der Waals surface area (Å²) in [5, 5.41) is 9.70. The van der Waals surface area contributed by atoms with E-state index in [0.717, 1.165) is 22.8 Å². The number of alkyl carbamates (subject to hydrolysis) is 1. The van der Waals surface area contributed by atoms with E-state index in [1.807, 2.05) is 31.6 Å². The Morgan fingerprint density at radius 2 is 2.42 bits per heavy atom. The summed E-state index contributed by atoms with van der Waals surface area (Å²) in [6.45, 7) is 2.75. The summed E-state index contributed by atoms with van der Waals surface area (Å²) in [6, 6.07) is 1.91. The molecule has 6 nitrogen and oxygen atoms in total. The van der Waals surface area contributed by atoms with Crippen molar-refractivity contribution in [1.29, 1.82) is 0 Å². The molecule has 0 saturated carbocycles. The Hall–Kier alpha value is -1.89. The summed E-state index contributed by atoms with van der Waals surface area (Å²) >= 11 is 1.51. The van der Waals surface area contributed by atoms with Gasteiger partial charge in [0.1, 0.15) is 10.7 Å². The molecule has 0 aliphatic carbocycles. The number of aryl methyl sites for hydroxylation is 1. The lowest BCUT2D eigenvalue weighted by molar-refractivity contribution is 0.145. The third-order valence-electron chi connectivity index (χ3n) is 2.34. The molecule has 1 N–H and O–H groups in total. The molecule has 0 radical (unpaired) electrons. The molecule has 0 saturated heterocycles. The lowest BCUT2D eigenvalue weighted by atomic mass is 10.4. The lowest BCUT2D eigenvalue weighted by Gasteiger charge is -2.03. The standard InChI is InChI=1S/C12H16N4O2S/c1-3-6-18-12(17)13-7-9-8-19-11(14-9)10-4-5-16(2)15-10/h4-5,8H,3,6-7H2,1-2H3,(H,13,17). The van der Waals surface area contributed by atoms with Gasteiger partial charge in [-0.2, -0.15) is 5.10 Å². The van der Waals surface area contributed by atoms with Gasteiger partial charge < -0.3 is 10.1 Å². The van der Waals surface area contributed by atoms with Crippen LogP contribution in [0.3, 0.4) is 0 Å². The van der Waals surface area contributed by atoms with Crippen molar-refractivity contribution >= 4 is 17.4 Å². The highest BCUT2D eigenvalue weighted by molar-refractivity contribution is 7.13. The van der Waals surface area contributed by atoms with Gasteiger partial charge in [0.25, 0.3) is 0 Å². The number of carbonyl (C=O) groups excluding carboxylic acids is 1. The highest BCUT2D eigenvalue weighted by Crippen LogP contribution is 2.21. The molecular weight excluding hydrogens is 264 g/mol. The molecule has 0 spiro atoms. The van der Waals surface area contributed by atoms with Gasteiger partial charge in [0.15, 0.2) is 0 Å². The van der Waals surface area contributed by atoms with E-state index in [9.17, 15) is 4.79 Å². The molecular formula is C12H16N4O2S. The van der Waals surface area contributed by atoms with Crippen molar-refractivity contribution in [2.24, 2.45) is 7.05 Å². The van der Waals surface area contributed by atoms with Gasteiger partial charge in [0.2, 0.25) is 0 Å². The van der Waals surface area contributed by atoms with E-state index in [-0.39, 0.29) is 0 Å². The number of nitrogens with one attached hydrogen (secondary N) is 1. The van der Waals surface area contributed by atoms with Crippen LogP contribution in [0.2, 0.25) is 0 Å². The largest absolute Gasteiger partial charge is 0.450 e. The molecule has 19 heavy (non-hydrogen) atoms. The summed E-state index contributed by atoms with van der Waals surface area (Å²) in [4.78, 5) is 15.7. The van der Waals surface area contributed by atoms with Crippen LogP contribution in [0.5, 0.6) is 0 Å². The maximum atomic E-state index is 11.3. The monoisotopic (exact) mass is 280 g/mol. The molecule has 0 unspecified atom stereocenters. The first-order valence-corrected chi connectivity index (χ1v) is 6.92. The fourth-order valence-corrected chi connectivity index (χ4v) is 2.23. The van der Waals surface area contributed by atoms with Gasteiger partial charge >= 0.3 is 6.09 Å². The maximum absolute atomic E-state index is 11.3. The first-order valence-electron chi connectivity index (χ1n) is 6.04. The zero-order chi connectivity index (χ0) is 13.7. The summed E-state index contributed by atoms with van der Waals surface area (Å²) in [5.74, 6) is 0. The van der Waals surface area contributed by atoms with E-state index >= 15 is 0 Å². The van der Waals surface area contributed by atoms with Crippen molar-refractivity contribution in [3.63, 3.8) is 0 Å². The van der Waals surface area contributed by atoms with Gasteiger partial charge in [-0.3, -0.25) is 4.68 Å². The van der Waals surface area contributed by atoms with Crippen LogP contribution in [-0.2, 0) is 18.3 Å². The predicted molar refractivity (Wildman–Crippen MR) is 72.8 cm³/mol. The van der Waals surface area contributed by atoms with Gasteiger partial charge in [-0.15, -0.1) is 11.3 Å². The van der Waals surface area contributed by atoms with Crippen molar-refractivity contribution in [3.05, 3.63) is 23.3 Å². The first kappa shape index (κ1) is 13.5. The second kappa shape index (κ2) is 6.33. The van der Waals surface area contributed by atoms with Gasteiger partial charge in [0, 0.05) is 18.6 Å². The third kappa shape index (κ3) is 3.78. The predicted octanol–water partition coefficient (Wildman–Crippen LogP) is 2.18. The maximum Gasteiger partial charge on any atom is 0.407 e. The van der Waals surface area contributed by atoms with Crippen LogP contribution in [-0.4, -0.2) is 27.5 Å². The van der Waals surface area contributed by atoms with Gasteiger partial charge in [-0.05, 0) is 12.5 Å². The smallest absolute Gasteiger partial charge is 0.407 e. The minimum atomic E-state index is -0.408. The average Bonchev–Trinajstić information content (AvgIpc) is 3.02. The SMILES string of the molecule is CCCOC(=O)NCc1csc(-c2ccn(C)n2)n1. The van der Waals surface area contributed by atoms with Crippen LogP contribution in [0.15, 0.2) is 17.6 Å². The number of ether oxygens (including phenoxy) is 1. The van der Waals surface area contributed by atoms with Crippen molar-refractivity contribution in [2.45, 2.75) is 19.9 Å². The van der Waals surface area contributed by atoms with Crippen molar-refractivity contribution in [1.82, 2.24) is 20.1 Å². The molecule has 102 valence electrons. The van der Waals surface area contributed by atoms with E-state index in [1.165, 1.54) is 11.3 Å². The van der Waals surface area contributed by atoms with Crippen molar-refractivity contribution in [3.8, 4) is 10.7 Å². The van der Waals surface area contributed by atoms with Crippen LogP contribution in [0, 0.1) is 0 Å². The summed E-state index contributed by atoms with van der Waals surface area (Å²) in [6.07, 6.45) is 2.28. The number of amides is 1. The topological polar surface area (TPSA) is 69.0 Å². The highest BCUT2D eigenvalue weighted by Gasteiger charge is 2.08. The third-order valence-corrected chi connectivity index (χ3v) is 3.25. The zero-order valence-electron chi connectivity index (χ0n) is 10.9. The minimum Gasteiger partial charge on any atom is -0.450 e. The number of thiazole rings is 1. The Morgan fingerprint density at radius 1 is 1.58 bits per heavy atom. The average molecular weight is 280 g/mol.